The number of nitrogens with zero attached hydrogens (tertiary/aromatic N) is 2. The van der Waals surface area contributed by atoms with E-state index in [4.69, 9.17) is 0 Å². The molecule has 5 heteroatoms. The van der Waals surface area contributed by atoms with Crippen molar-refractivity contribution in [3.05, 3.63) is 82.5 Å². The maximum atomic E-state index is 15.3. The largest absolute Gasteiger partial charge is 0.313 e. The Morgan fingerprint density at radius 2 is 1.77 bits per heavy atom. The number of hydrogen-bond acceptors (Lipinski definition) is 3. The van der Waals surface area contributed by atoms with Gasteiger partial charge < -0.3 is 5.32 Å². The molecule has 3 nitrogen and oxygen atoms in total. The van der Waals surface area contributed by atoms with Crippen molar-refractivity contribution in [3.8, 4) is 11.3 Å². The summed E-state index contributed by atoms with van der Waals surface area (Å²) in [5.74, 6) is -0.490. The Hall–Kier alpha value is -2.66. The van der Waals surface area contributed by atoms with E-state index in [0.717, 1.165) is 29.8 Å². The number of rotatable bonds is 2. The molecule has 1 aliphatic rings. The van der Waals surface area contributed by atoms with Crippen LogP contribution in [0.4, 0.5) is 8.78 Å². The number of hydrogen-bond donors (Lipinski definition) is 1. The van der Waals surface area contributed by atoms with Crippen LogP contribution in [0.25, 0.3) is 11.3 Å². The highest BCUT2D eigenvalue weighted by atomic mass is 19.1. The minimum absolute atomic E-state index is 0.0354. The third-order valence-electron chi connectivity index (χ3n) is 4.91. The highest BCUT2D eigenvalue weighted by Crippen LogP contribution is 2.36. The molecular weight excluding hydrogens is 332 g/mol. The second-order valence-electron chi connectivity index (χ2n) is 6.62. The molecule has 0 aliphatic carbocycles. The molecule has 0 saturated heterocycles. The van der Waals surface area contributed by atoms with E-state index >= 15 is 4.39 Å². The zero-order valence-corrected chi connectivity index (χ0v) is 14.5. The SMILES string of the molecule is Cc1ccc(-c2ccc3c(c2F)CNCCC3c2ccc(F)cc2)nn1. The molecule has 26 heavy (non-hydrogen) atoms. The Morgan fingerprint density at radius 3 is 2.50 bits per heavy atom. The molecule has 0 fully saturated rings. The van der Waals surface area contributed by atoms with E-state index in [0.29, 0.717) is 23.4 Å². The molecule has 2 aromatic carbocycles. The summed E-state index contributed by atoms with van der Waals surface area (Å²) in [5, 5.41) is 11.4. The first-order valence-electron chi connectivity index (χ1n) is 8.71. The predicted octanol–water partition coefficient (Wildman–Crippen LogP) is 4.36. The van der Waals surface area contributed by atoms with Crippen LogP contribution in [0, 0.1) is 18.6 Å². The second-order valence-corrected chi connectivity index (χ2v) is 6.62. The van der Waals surface area contributed by atoms with E-state index < -0.39 is 0 Å². The fourth-order valence-corrected chi connectivity index (χ4v) is 3.54. The summed E-state index contributed by atoms with van der Waals surface area (Å²) in [5.41, 5.74) is 4.37. The van der Waals surface area contributed by atoms with E-state index in [9.17, 15) is 4.39 Å². The van der Waals surface area contributed by atoms with Gasteiger partial charge in [0, 0.05) is 23.6 Å². The van der Waals surface area contributed by atoms with Crippen molar-refractivity contribution >= 4 is 0 Å². The van der Waals surface area contributed by atoms with Crippen LogP contribution in [0.15, 0.2) is 48.5 Å². The summed E-state index contributed by atoms with van der Waals surface area (Å²) in [6.07, 6.45) is 0.835. The highest BCUT2D eigenvalue weighted by molar-refractivity contribution is 5.62. The van der Waals surface area contributed by atoms with Gasteiger partial charge in [-0.3, -0.25) is 0 Å². The Balaban J connectivity index is 1.80. The molecule has 0 saturated carbocycles. The number of halogens is 2. The minimum Gasteiger partial charge on any atom is -0.313 e. The van der Waals surface area contributed by atoms with Crippen molar-refractivity contribution in [3.63, 3.8) is 0 Å². The normalized spacial score (nSPS) is 16.8. The van der Waals surface area contributed by atoms with E-state index in [1.807, 2.05) is 19.1 Å². The zero-order chi connectivity index (χ0) is 18.1. The number of fused-ring (bicyclic) bond motifs is 1. The lowest BCUT2D eigenvalue weighted by molar-refractivity contribution is 0.596. The first kappa shape index (κ1) is 16.8. The van der Waals surface area contributed by atoms with Crippen LogP contribution in [0.2, 0.25) is 0 Å². The molecule has 2 heterocycles. The van der Waals surface area contributed by atoms with Crippen molar-refractivity contribution in [2.24, 2.45) is 0 Å². The summed E-state index contributed by atoms with van der Waals surface area (Å²) >= 11 is 0. The van der Waals surface area contributed by atoms with Crippen molar-refractivity contribution in [2.75, 3.05) is 6.54 Å². The van der Waals surface area contributed by atoms with Gasteiger partial charge in [0.25, 0.3) is 0 Å². The molecule has 1 aliphatic heterocycles. The maximum Gasteiger partial charge on any atom is 0.137 e. The van der Waals surface area contributed by atoms with Gasteiger partial charge in [-0.2, -0.15) is 10.2 Å². The van der Waals surface area contributed by atoms with Gasteiger partial charge in [-0.1, -0.05) is 18.2 Å². The lowest BCUT2D eigenvalue weighted by atomic mass is 9.85. The summed E-state index contributed by atoms with van der Waals surface area (Å²) in [4.78, 5) is 0. The highest BCUT2D eigenvalue weighted by Gasteiger charge is 2.24. The molecular formula is C21H19F2N3. The van der Waals surface area contributed by atoms with Crippen LogP contribution < -0.4 is 5.32 Å². The third kappa shape index (κ3) is 3.10. The van der Waals surface area contributed by atoms with Crippen molar-refractivity contribution < 1.29 is 8.78 Å². The molecule has 1 unspecified atom stereocenters. The summed E-state index contributed by atoms with van der Waals surface area (Å²) in [6, 6.07) is 13.8. The van der Waals surface area contributed by atoms with Crippen LogP contribution in [0.5, 0.6) is 0 Å². The molecule has 3 aromatic rings. The molecule has 132 valence electrons. The van der Waals surface area contributed by atoms with Crippen molar-refractivity contribution in [2.45, 2.75) is 25.8 Å². The van der Waals surface area contributed by atoms with Gasteiger partial charge in [0.15, 0.2) is 0 Å². The van der Waals surface area contributed by atoms with Crippen LogP contribution in [-0.2, 0) is 6.54 Å². The first-order valence-corrected chi connectivity index (χ1v) is 8.71. The average molecular weight is 351 g/mol. The van der Waals surface area contributed by atoms with Gasteiger partial charge in [-0.05, 0) is 61.3 Å². The molecule has 1 N–H and O–H groups in total. The van der Waals surface area contributed by atoms with E-state index in [2.05, 4.69) is 15.5 Å². The fraction of sp³-hybridized carbons (Fsp3) is 0.238. The summed E-state index contributed by atoms with van der Waals surface area (Å²) in [6.45, 7) is 3.09. The second kappa shape index (κ2) is 6.92. The molecule has 4 rings (SSSR count). The van der Waals surface area contributed by atoms with Gasteiger partial charge in [-0.25, -0.2) is 8.78 Å². The minimum atomic E-state index is -0.264. The Morgan fingerprint density at radius 1 is 0.962 bits per heavy atom. The smallest absolute Gasteiger partial charge is 0.137 e. The van der Waals surface area contributed by atoms with Crippen LogP contribution in [0.1, 0.15) is 34.7 Å². The molecule has 0 radical (unpaired) electrons. The Kier molecular flexibility index (Phi) is 4.47. The van der Waals surface area contributed by atoms with E-state index in [1.165, 1.54) is 12.1 Å². The Labute approximate surface area is 151 Å². The van der Waals surface area contributed by atoms with Crippen LogP contribution in [0.3, 0.4) is 0 Å². The number of nitrogens with one attached hydrogen (secondary N) is 1. The van der Waals surface area contributed by atoms with Gasteiger partial charge in [0.05, 0.1) is 11.4 Å². The monoisotopic (exact) mass is 351 g/mol. The van der Waals surface area contributed by atoms with E-state index in [1.54, 1.807) is 24.3 Å². The molecule has 1 aromatic heterocycles. The average Bonchev–Trinajstić information content (AvgIpc) is 2.87. The van der Waals surface area contributed by atoms with Gasteiger partial charge in [0.2, 0.25) is 0 Å². The Bertz CT molecular complexity index is 921. The van der Waals surface area contributed by atoms with Gasteiger partial charge in [-0.15, -0.1) is 0 Å². The molecule has 0 amide bonds. The fourth-order valence-electron chi connectivity index (χ4n) is 3.54. The molecule has 0 spiro atoms. The number of aromatic nitrogens is 2. The summed E-state index contributed by atoms with van der Waals surface area (Å²) < 4.78 is 28.6. The van der Waals surface area contributed by atoms with E-state index in [-0.39, 0.29) is 17.6 Å². The van der Waals surface area contributed by atoms with Gasteiger partial charge in [0.1, 0.15) is 11.6 Å². The van der Waals surface area contributed by atoms with Crippen LogP contribution in [-0.4, -0.2) is 16.7 Å². The lowest BCUT2D eigenvalue weighted by Gasteiger charge is -2.19. The third-order valence-corrected chi connectivity index (χ3v) is 4.91. The quantitative estimate of drug-likeness (QED) is 0.746. The first-order chi connectivity index (χ1) is 12.6. The topological polar surface area (TPSA) is 37.8 Å². The zero-order valence-electron chi connectivity index (χ0n) is 14.5. The van der Waals surface area contributed by atoms with Crippen molar-refractivity contribution in [1.82, 2.24) is 15.5 Å². The maximum absolute atomic E-state index is 15.3. The standard InChI is InChI=1S/C21H19F2N3/c1-13-2-9-20(26-25-13)18-8-7-17-16(14-3-5-15(22)6-4-14)10-11-24-12-19(17)21(18)23/h2-9,16,24H,10-12H2,1H3. The number of aryl methyl sites for hydroxylation is 1. The predicted molar refractivity (Wildman–Crippen MR) is 96.7 cm³/mol. The molecule has 0 bridgehead atoms. The van der Waals surface area contributed by atoms with Crippen molar-refractivity contribution in [1.29, 1.82) is 0 Å². The molecule has 1 atom stereocenters. The summed E-state index contributed by atoms with van der Waals surface area (Å²) in [7, 11) is 0. The lowest BCUT2D eigenvalue weighted by Crippen LogP contribution is -2.13. The van der Waals surface area contributed by atoms with Crippen LogP contribution >= 0.6 is 0 Å². The van der Waals surface area contributed by atoms with Gasteiger partial charge >= 0.3 is 0 Å². The number of benzene rings is 2.